The van der Waals surface area contributed by atoms with Crippen LogP contribution >= 0.6 is 11.3 Å². The molecule has 0 atom stereocenters. The molecule has 22 heavy (non-hydrogen) atoms. The summed E-state index contributed by atoms with van der Waals surface area (Å²) in [4.78, 5) is 12.1. The van der Waals surface area contributed by atoms with Crippen LogP contribution in [0.15, 0.2) is 48.5 Å². The van der Waals surface area contributed by atoms with Gasteiger partial charge in [-0.1, -0.05) is 41.2 Å². The number of nitrogen functional groups attached to an aromatic ring is 1. The number of amides is 1. The van der Waals surface area contributed by atoms with Gasteiger partial charge in [0.25, 0.3) is 5.91 Å². The summed E-state index contributed by atoms with van der Waals surface area (Å²) in [7, 11) is 0. The topological polar surface area (TPSA) is 80.9 Å². The highest BCUT2D eigenvalue weighted by molar-refractivity contribution is 7.18. The Morgan fingerprint density at radius 2 is 1.82 bits per heavy atom. The van der Waals surface area contributed by atoms with Gasteiger partial charge in [-0.15, -0.1) is 10.2 Å². The fraction of sp³-hybridized carbons (Fsp3) is 0.0625. The van der Waals surface area contributed by atoms with E-state index >= 15 is 0 Å². The number of hydrogen-bond donors (Lipinski definition) is 2. The highest BCUT2D eigenvalue weighted by atomic mass is 32.1. The molecule has 3 N–H and O–H groups in total. The molecule has 0 unspecified atom stereocenters. The average Bonchev–Trinajstić information content (AvgIpc) is 2.96. The lowest BCUT2D eigenvalue weighted by atomic mass is 10.1. The SMILES string of the molecule is Cc1ccc(C(=O)Nc2nnc(-c3ccccc3N)s2)cc1. The van der Waals surface area contributed by atoms with Crippen LogP contribution in [0.2, 0.25) is 0 Å². The van der Waals surface area contributed by atoms with E-state index in [0.29, 0.717) is 21.4 Å². The molecule has 1 aromatic heterocycles. The lowest BCUT2D eigenvalue weighted by molar-refractivity contribution is 0.102. The van der Waals surface area contributed by atoms with Crippen LogP contribution in [0.3, 0.4) is 0 Å². The third-order valence-electron chi connectivity index (χ3n) is 3.15. The van der Waals surface area contributed by atoms with Gasteiger partial charge in [0, 0.05) is 16.8 Å². The third kappa shape index (κ3) is 2.96. The van der Waals surface area contributed by atoms with E-state index in [-0.39, 0.29) is 5.91 Å². The maximum Gasteiger partial charge on any atom is 0.257 e. The van der Waals surface area contributed by atoms with E-state index < -0.39 is 0 Å². The first-order valence-corrected chi connectivity index (χ1v) is 7.51. The number of carbonyl (C=O) groups is 1. The molecule has 2 aromatic carbocycles. The Morgan fingerprint density at radius 3 is 2.55 bits per heavy atom. The normalized spacial score (nSPS) is 10.4. The smallest absolute Gasteiger partial charge is 0.257 e. The van der Waals surface area contributed by atoms with Crippen LogP contribution in [0, 0.1) is 6.92 Å². The molecule has 0 spiro atoms. The van der Waals surface area contributed by atoms with Crippen molar-refractivity contribution in [2.45, 2.75) is 6.92 Å². The third-order valence-corrected chi connectivity index (χ3v) is 4.02. The summed E-state index contributed by atoms with van der Waals surface area (Å²) in [6.45, 7) is 1.98. The number of nitrogens with zero attached hydrogens (tertiary/aromatic N) is 2. The Morgan fingerprint density at radius 1 is 1.09 bits per heavy atom. The second-order valence-corrected chi connectivity index (χ2v) is 5.80. The molecule has 3 aromatic rings. The number of aryl methyl sites for hydroxylation is 1. The second kappa shape index (κ2) is 5.95. The lowest BCUT2D eigenvalue weighted by Gasteiger charge is -2.01. The Hall–Kier alpha value is -2.73. The van der Waals surface area contributed by atoms with Crippen LogP contribution in [-0.4, -0.2) is 16.1 Å². The van der Waals surface area contributed by atoms with Crippen molar-refractivity contribution < 1.29 is 4.79 Å². The zero-order chi connectivity index (χ0) is 15.5. The second-order valence-electron chi connectivity index (χ2n) is 4.82. The molecule has 0 fully saturated rings. The van der Waals surface area contributed by atoms with Crippen LogP contribution in [0.25, 0.3) is 10.6 Å². The van der Waals surface area contributed by atoms with Crippen LogP contribution in [0.5, 0.6) is 0 Å². The number of anilines is 2. The minimum atomic E-state index is -0.205. The van der Waals surface area contributed by atoms with Gasteiger partial charge in [-0.3, -0.25) is 10.1 Å². The summed E-state index contributed by atoms with van der Waals surface area (Å²) >= 11 is 1.29. The van der Waals surface area contributed by atoms with Gasteiger partial charge < -0.3 is 5.73 Å². The average molecular weight is 310 g/mol. The van der Waals surface area contributed by atoms with Gasteiger partial charge in [0.05, 0.1) is 0 Å². The van der Waals surface area contributed by atoms with Crippen LogP contribution in [-0.2, 0) is 0 Å². The van der Waals surface area contributed by atoms with Crippen molar-refractivity contribution in [3.05, 3.63) is 59.7 Å². The number of hydrogen-bond acceptors (Lipinski definition) is 5. The van der Waals surface area contributed by atoms with E-state index in [1.54, 1.807) is 18.2 Å². The molecule has 0 aliphatic carbocycles. The molecule has 3 rings (SSSR count). The molecular formula is C16H14N4OS. The van der Waals surface area contributed by atoms with Gasteiger partial charge in [0.15, 0.2) is 5.01 Å². The van der Waals surface area contributed by atoms with Crippen molar-refractivity contribution in [2.75, 3.05) is 11.1 Å². The van der Waals surface area contributed by atoms with Gasteiger partial charge in [0.2, 0.25) is 5.13 Å². The molecule has 1 heterocycles. The Labute approximate surface area is 131 Å². The number of rotatable bonds is 3. The van der Waals surface area contributed by atoms with E-state index in [1.807, 2.05) is 37.3 Å². The first-order valence-electron chi connectivity index (χ1n) is 6.70. The molecular weight excluding hydrogens is 296 g/mol. The van der Waals surface area contributed by atoms with Crippen LogP contribution in [0.1, 0.15) is 15.9 Å². The van der Waals surface area contributed by atoms with Crippen molar-refractivity contribution in [3.8, 4) is 10.6 Å². The minimum Gasteiger partial charge on any atom is -0.398 e. The molecule has 110 valence electrons. The zero-order valence-electron chi connectivity index (χ0n) is 11.9. The maximum absolute atomic E-state index is 12.1. The summed E-state index contributed by atoms with van der Waals surface area (Å²) in [5.41, 5.74) is 9.06. The standard InChI is InChI=1S/C16H14N4OS/c1-10-6-8-11(9-7-10)14(21)18-16-20-19-15(22-16)12-4-2-3-5-13(12)17/h2-9H,17H2,1H3,(H,18,20,21). The summed E-state index contributed by atoms with van der Waals surface area (Å²) in [5, 5.41) is 12.0. The predicted octanol–water partition coefficient (Wildman–Crippen LogP) is 3.35. The Kier molecular flexibility index (Phi) is 3.84. The van der Waals surface area contributed by atoms with Gasteiger partial charge in [-0.2, -0.15) is 0 Å². The van der Waals surface area contributed by atoms with Gasteiger partial charge >= 0.3 is 0 Å². The molecule has 0 bridgehead atoms. The van der Waals surface area contributed by atoms with E-state index in [9.17, 15) is 4.79 Å². The Balaban J connectivity index is 1.78. The van der Waals surface area contributed by atoms with Crippen molar-refractivity contribution in [1.82, 2.24) is 10.2 Å². The number of para-hydroxylation sites is 1. The van der Waals surface area contributed by atoms with E-state index in [1.165, 1.54) is 11.3 Å². The number of benzene rings is 2. The first-order chi connectivity index (χ1) is 10.6. The fourth-order valence-electron chi connectivity index (χ4n) is 1.95. The van der Waals surface area contributed by atoms with Crippen molar-refractivity contribution in [3.63, 3.8) is 0 Å². The van der Waals surface area contributed by atoms with Crippen LogP contribution in [0.4, 0.5) is 10.8 Å². The summed E-state index contributed by atoms with van der Waals surface area (Å²) < 4.78 is 0. The van der Waals surface area contributed by atoms with Gasteiger partial charge in [0.1, 0.15) is 0 Å². The highest BCUT2D eigenvalue weighted by Crippen LogP contribution is 2.30. The molecule has 0 aliphatic rings. The summed E-state index contributed by atoms with van der Waals surface area (Å²) in [6, 6.07) is 14.8. The van der Waals surface area contributed by atoms with E-state index in [4.69, 9.17) is 5.73 Å². The molecule has 1 amide bonds. The molecule has 6 heteroatoms. The largest absolute Gasteiger partial charge is 0.398 e. The zero-order valence-corrected chi connectivity index (χ0v) is 12.7. The maximum atomic E-state index is 12.1. The highest BCUT2D eigenvalue weighted by Gasteiger charge is 2.12. The van der Waals surface area contributed by atoms with Crippen LogP contribution < -0.4 is 11.1 Å². The predicted molar refractivity (Wildman–Crippen MR) is 88.9 cm³/mol. The first kappa shape index (κ1) is 14.2. The molecule has 5 nitrogen and oxygen atoms in total. The minimum absolute atomic E-state index is 0.205. The Bertz CT molecular complexity index is 811. The van der Waals surface area contributed by atoms with Crippen molar-refractivity contribution >= 4 is 28.1 Å². The van der Waals surface area contributed by atoms with E-state index in [0.717, 1.165) is 11.1 Å². The molecule has 0 saturated heterocycles. The van der Waals surface area contributed by atoms with Crippen molar-refractivity contribution in [2.24, 2.45) is 0 Å². The number of carbonyl (C=O) groups excluding carboxylic acids is 1. The lowest BCUT2D eigenvalue weighted by Crippen LogP contribution is -2.11. The molecule has 0 aliphatic heterocycles. The number of aromatic nitrogens is 2. The summed E-state index contributed by atoms with van der Waals surface area (Å²) in [5.74, 6) is -0.205. The number of nitrogens with one attached hydrogen (secondary N) is 1. The van der Waals surface area contributed by atoms with Gasteiger partial charge in [-0.05, 0) is 31.2 Å². The number of nitrogens with two attached hydrogens (primary N) is 1. The fourth-order valence-corrected chi connectivity index (χ4v) is 2.73. The van der Waals surface area contributed by atoms with E-state index in [2.05, 4.69) is 15.5 Å². The molecule has 0 saturated carbocycles. The quantitative estimate of drug-likeness (QED) is 0.727. The monoisotopic (exact) mass is 310 g/mol. The summed E-state index contributed by atoms with van der Waals surface area (Å²) in [6.07, 6.45) is 0. The van der Waals surface area contributed by atoms with Gasteiger partial charge in [-0.25, -0.2) is 0 Å². The van der Waals surface area contributed by atoms with Crippen molar-refractivity contribution in [1.29, 1.82) is 0 Å². The molecule has 0 radical (unpaired) electrons.